The first-order valence-corrected chi connectivity index (χ1v) is 5.95. The van der Waals surface area contributed by atoms with E-state index in [9.17, 15) is 4.79 Å². The molecular formula is C13H22N2O2. The number of esters is 1. The van der Waals surface area contributed by atoms with Crippen LogP contribution in [0.15, 0.2) is 18.3 Å². The molecule has 1 aromatic heterocycles. The number of ether oxygens (including phenoxy) is 1. The molecule has 1 aromatic rings. The summed E-state index contributed by atoms with van der Waals surface area (Å²) in [6.07, 6.45) is 2.51. The highest BCUT2D eigenvalue weighted by atomic mass is 16.5. The van der Waals surface area contributed by atoms with Crippen molar-refractivity contribution in [1.29, 1.82) is 0 Å². The summed E-state index contributed by atoms with van der Waals surface area (Å²) in [4.78, 5) is 11.5. The van der Waals surface area contributed by atoms with E-state index in [2.05, 4.69) is 25.3 Å². The fourth-order valence-corrected chi connectivity index (χ4v) is 1.79. The molecule has 0 radical (unpaired) electrons. The minimum atomic E-state index is -0.592. The van der Waals surface area contributed by atoms with Crippen molar-refractivity contribution >= 4 is 5.97 Å². The van der Waals surface area contributed by atoms with Crippen LogP contribution in [0.1, 0.15) is 33.4 Å². The number of carbonyl (C=O) groups is 1. The Balaban J connectivity index is 2.76. The fraction of sp³-hybridized carbons (Fsp3) is 0.615. The first-order valence-electron chi connectivity index (χ1n) is 5.95. The number of hydrogen-bond donors (Lipinski definition) is 1. The zero-order valence-electron chi connectivity index (χ0n) is 11.1. The molecule has 0 aliphatic heterocycles. The molecule has 0 aromatic carbocycles. The van der Waals surface area contributed by atoms with Gasteiger partial charge in [0.1, 0.15) is 6.04 Å². The summed E-state index contributed by atoms with van der Waals surface area (Å²) in [5.41, 5.74) is 6.87. The van der Waals surface area contributed by atoms with Gasteiger partial charge in [-0.3, -0.25) is 4.79 Å². The summed E-state index contributed by atoms with van der Waals surface area (Å²) >= 11 is 0. The Hall–Kier alpha value is -1.29. The molecule has 0 bridgehead atoms. The van der Waals surface area contributed by atoms with Crippen LogP contribution < -0.4 is 5.73 Å². The third-order valence-corrected chi connectivity index (χ3v) is 2.57. The average Bonchev–Trinajstić information content (AvgIpc) is 2.65. The Morgan fingerprint density at radius 2 is 2.18 bits per heavy atom. The van der Waals surface area contributed by atoms with Crippen LogP contribution in [-0.4, -0.2) is 23.2 Å². The van der Waals surface area contributed by atoms with E-state index in [1.54, 1.807) is 6.92 Å². The van der Waals surface area contributed by atoms with E-state index >= 15 is 0 Å². The maximum Gasteiger partial charge on any atom is 0.323 e. The summed E-state index contributed by atoms with van der Waals surface area (Å²) < 4.78 is 7.04. The molecule has 17 heavy (non-hydrogen) atoms. The third kappa shape index (κ3) is 3.60. The molecule has 0 aliphatic rings. The molecule has 0 fully saturated rings. The van der Waals surface area contributed by atoms with Gasteiger partial charge < -0.3 is 15.0 Å². The maximum atomic E-state index is 11.5. The second-order valence-corrected chi connectivity index (χ2v) is 5.10. The number of rotatable bonds is 4. The predicted octanol–water partition coefficient (Wildman–Crippen LogP) is 1.68. The molecule has 4 heteroatoms. The van der Waals surface area contributed by atoms with Crippen LogP contribution in [0.25, 0.3) is 0 Å². The lowest BCUT2D eigenvalue weighted by Crippen LogP contribution is -2.36. The van der Waals surface area contributed by atoms with E-state index in [1.807, 2.05) is 18.3 Å². The fourth-order valence-electron chi connectivity index (χ4n) is 1.79. The van der Waals surface area contributed by atoms with Crippen molar-refractivity contribution in [2.75, 3.05) is 6.61 Å². The van der Waals surface area contributed by atoms with E-state index in [1.165, 1.54) is 0 Å². The summed E-state index contributed by atoms with van der Waals surface area (Å²) in [7, 11) is 0. The monoisotopic (exact) mass is 238 g/mol. The van der Waals surface area contributed by atoms with E-state index < -0.39 is 6.04 Å². The summed E-state index contributed by atoms with van der Waals surface area (Å²) in [5, 5.41) is 0. The van der Waals surface area contributed by atoms with Gasteiger partial charge in [-0.15, -0.1) is 0 Å². The van der Waals surface area contributed by atoms with Gasteiger partial charge in [-0.25, -0.2) is 0 Å². The molecule has 2 N–H and O–H groups in total. The van der Waals surface area contributed by atoms with Gasteiger partial charge in [-0.2, -0.15) is 0 Å². The van der Waals surface area contributed by atoms with Crippen LogP contribution in [0, 0.1) is 0 Å². The van der Waals surface area contributed by atoms with Crippen molar-refractivity contribution in [2.45, 2.75) is 45.7 Å². The van der Waals surface area contributed by atoms with Crippen molar-refractivity contribution in [1.82, 2.24) is 4.57 Å². The third-order valence-electron chi connectivity index (χ3n) is 2.57. The lowest BCUT2D eigenvalue weighted by Gasteiger charge is -2.25. The normalized spacial score (nSPS) is 13.5. The minimum absolute atomic E-state index is 0.00673. The summed E-state index contributed by atoms with van der Waals surface area (Å²) in [5.74, 6) is -0.339. The lowest BCUT2D eigenvalue weighted by atomic mass is 10.1. The van der Waals surface area contributed by atoms with Crippen molar-refractivity contribution in [3.8, 4) is 0 Å². The Labute approximate surface area is 103 Å². The Kier molecular flexibility index (Phi) is 4.34. The molecule has 1 unspecified atom stereocenters. The maximum absolute atomic E-state index is 11.5. The highest BCUT2D eigenvalue weighted by Gasteiger charge is 2.20. The Morgan fingerprint density at radius 1 is 1.53 bits per heavy atom. The zero-order valence-corrected chi connectivity index (χ0v) is 11.1. The quantitative estimate of drug-likeness (QED) is 0.812. The van der Waals surface area contributed by atoms with Crippen LogP contribution in [0.5, 0.6) is 0 Å². The SMILES string of the molecule is CCOC(=O)C(N)Cc1cccn1C(C)(C)C. The molecule has 0 aliphatic carbocycles. The van der Waals surface area contributed by atoms with Gasteiger partial charge in [0.15, 0.2) is 0 Å². The number of nitrogens with zero attached hydrogens (tertiary/aromatic N) is 1. The number of carbonyl (C=O) groups excluding carboxylic acids is 1. The second kappa shape index (κ2) is 5.36. The van der Waals surface area contributed by atoms with E-state index in [0.717, 1.165) is 5.69 Å². The lowest BCUT2D eigenvalue weighted by molar-refractivity contribution is -0.144. The standard InChI is InChI=1S/C13H22N2O2/c1-5-17-12(16)11(14)9-10-7-6-8-15(10)13(2,3)4/h6-8,11H,5,9,14H2,1-4H3. The minimum Gasteiger partial charge on any atom is -0.465 e. The largest absolute Gasteiger partial charge is 0.465 e. The van der Waals surface area contributed by atoms with Gasteiger partial charge in [0, 0.05) is 23.9 Å². The van der Waals surface area contributed by atoms with Crippen LogP contribution in [-0.2, 0) is 21.5 Å². The van der Waals surface area contributed by atoms with Gasteiger partial charge >= 0.3 is 5.97 Å². The molecular weight excluding hydrogens is 216 g/mol. The van der Waals surface area contributed by atoms with E-state index in [-0.39, 0.29) is 11.5 Å². The van der Waals surface area contributed by atoms with Gasteiger partial charge in [0.2, 0.25) is 0 Å². The number of nitrogens with two attached hydrogens (primary N) is 1. The summed E-state index contributed by atoms with van der Waals surface area (Å²) in [6.45, 7) is 8.50. The average molecular weight is 238 g/mol. The van der Waals surface area contributed by atoms with Crippen LogP contribution >= 0.6 is 0 Å². The van der Waals surface area contributed by atoms with E-state index in [4.69, 9.17) is 10.5 Å². The number of aromatic nitrogens is 1. The van der Waals surface area contributed by atoms with Crippen LogP contribution in [0.2, 0.25) is 0 Å². The predicted molar refractivity (Wildman–Crippen MR) is 67.7 cm³/mol. The Bertz CT molecular complexity index is 377. The van der Waals surface area contributed by atoms with Gasteiger partial charge in [0.25, 0.3) is 0 Å². The van der Waals surface area contributed by atoms with Crippen LogP contribution in [0.3, 0.4) is 0 Å². The molecule has 1 atom stereocenters. The first kappa shape index (κ1) is 13.8. The molecule has 0 amide bonds. The first-order chi connectivity index (χ1) is 7.86. The van der Waals surface area contributed by atoms with Crippen molar-refractivity contribution in [3.05, 3.63) is 24.0 Å². The summed E-state index contributed by atoms with van der Waals surface area (Å²) in [6, 6.07) is 3.37. The second-order valence-electron chi connectivity index (χ2n) is 5.10. The molecule has 4 nitrogen and oxygen atoms in total. The van der Waals surface area contributed by atoms with Crippen molar-refractivity contribution < 1.29 is 9.53 Å². The molecule has 0 saturated carbocycles. The Morgan fingerprint density at radius 3 is 2.71 bits per heavy atom. The highest BCUT2D eigenvalue weighted by Crippen LogP contribution is 2.18. The molecule has 0 spiro atoms. The van der Waals surface area contributed by atoms with Gasteiger partial charge in [-0.05, 0) is 39.8 Å². The van der Waals surface area contributed by atoms with Gasteiger partial charge in [0.05, 0.1) is 6.61 Å². The molecule has 96 valence electrons. The topological polar surface area (TPSA) is 57.2 Å². The van der Waals surface area contributed by atoms with Gasteiger partial charge in [-0.1, -0.05) is 0 Å². The van der Waals surface area contributed by atoms with E-state index in [0.29, 0.717) is 13.0 Å². The number of hydrogen-bond acceptors (Lipinski definition) is 3. The molecule has 0 saturated heterocycles. The van der Waals surface area contributed by atoms with Crippen LogP contribution in [0.4, 0.5) is 0 Å². The highest BCUT2D eigenvalue weighted by molar-refractivity contribution is 5.75. The zero-order chi connectivity index (χ0) is 13.1. The molecule has 1 heterocycles. The smallest absolute Gasteiger partial charge is 0.323 e. The molecule has 1 rings (SSSR count). The van der Waals surface area contributed by atoms with Crippen molar-refractivity contribution in [3.63, 3.8) is 0 Å². The van der Waals surface area contributed by atoms with Crippen molar-refractivity contribution in [2.24, 2.45) is 5.73 Å².